The van der Waals surface area contributed by atoms with Crippen molar-refractivity contribution in [3.05, 3.63) is 0 Å². The molecule has 0 aliphatic rings. The molecular formula is C12H23N. The van der Waals surface area contributed by atoms with Gasteiger partial charge < -0.3 is 5.32 Å². The first-order chi connectivity index (χ1) is 6.20. The van der Waals surface area contributed by atoms with Crippen LogP contribution in [-0.4, -0.2) is 12.6 Å². The number of rotatable bonds is 7. The second kappa shape index (κ2) is 8.13. The van der Waals surface area contributed by atoms with Crippen LogP contribution in [0.5, 0.6) is 0 Å². The van der Waals surface area contributed by atoms with Gasteiger partial charge in [0.05, 0.1) is 0 Å². The molecule has 1 atom stereocenters. The first-order valence-electron chi connectivity index (χ1n) is 5.37. The highest BCUT2D eigenvalue weighted by Crippen LogP contribution is 2.10. The molecule has 0 aliphatic carbocycles. The zero-order valence-corrected chi connectivity index (χ0v) is 9.27. The van der Waals surface area contributed by atoms with E-state index in [0.717, 1.165) is 25.3 Å². The van der Waals surface area contributed by atoms with E-state index in [1.807, 2.05) is 0 Å². The highest BCUT2D eigenvalue weighted by atomic mass is 14.9. The molecule has 0 bridgehead atoms. The summed E-state index contributed by atoms with van der Waals surface area (Å²) < 4.78 is 0. The molecule has 0 fully saturated rings. The molecule has 0 heterocycles. The van der Waals surface area contributed by atoms with Crippen LogP contribution in [-0.2, 0) is 0 Å². The van der Waals surface area contributed by atoms with Gasteiger partial charge in [0.15, 0.2) is 0 Å². The van der Waals surface area contributed by atoms with Crippen LogP contribution in [0.4, 0.5) is 0 Å². The zero-order chi connectivity index (χ0) is 10.1. The van der Waals surface area contributed by atoms with E-state index in [4.69, 9.17) is 6.42 Å². The fourth-order valence-electron chi connectivity index (χ4n) is 1.61. The lowest BCUT2D eigenvalue weighted by molar-refractivity contribution is 0.399. The van der Waals surface area contributed by atoms with Crippen molar-refractivity contribution in [3.8, 4) is 12.3 Å². The van der Waals surface area contributed by atoms with Crippen LogP contribution in [0.2, 0.25) is 0 Å². The Morgan fingerprint density at radius 3 is 2.54 bits per heavy atom. The summed E-state index contributed by atoms with van der Waals surface area (Å²) in [5.41, 5.74) is 0. The van der Waals surface area contributed by atoms with Gasteiger partial charge in [0, 0.05) is 12.5 Å². The van der Waals surface area contributed by atoms with Crippen LogP contribution in [0, 0.1) is 18.3 Å². The van der Waals surface area contributed by atoms with Gasteiger partial charge in [-0.05, 0) is 31.7 Å². The van der Waals surface area contributed by atoms with Gasteiger partial charge in [-0.3, -0.25) is 0 Å². The Morgan fingerprint density at radius 1 is 1.38 bits per heavy atom. The summed E-state index contributed by atoms with van der Waals surface area (Å²) in [5, 5.41) is 3.50. The third kappa shape index (κ3) is 7.87. The van der Waals surface area contributed by atoms with Gasteiger partial charge >= 0.3 is 0 Å². The highest BCUT2D eigenvalue weighted by molar-refractivity contribution is 4.84. The molecule has 1 N–H and O–H groups in total. The van der Waals surface area contributed by atoms with Crippen LogP contribution in [0.25, 0.3) is 0 Å². The van der Waals surface area contributed by atoms with Gasteiger partial charge in [0.25, 0.3) is 0 Å². The van der Waals surface area contributed by atoms with Crippen molar-refractivity contribution >= 4 is 0 Å². The predicted molar refractivity (Wildman–Crippen MR) is 59.6 cm³/mol. The molecule has 1 heteroatoms. The maximum absolute atomic E-state index is 5.22. The minimum Gasteiger partial charge on any atom is -0.314 e. The van der Waals surface area contributed by atoms with E-state index in [1.165, 1.54) is 12.8 Å². The highest BCUT2D eigenvalue weighted by Gasteiger charge is 2.08. The smallest absolute Gasteiger partial charge is 0.00866 e. The van der Waals surface area contributed by atoms with E-state index >= 15 is 0 Å². The molecular weight excluding hydrogens is 158 g/mol. The Hall–Kier alpha value is -0.480. The fourth-order valence-corrected chi connectivity index (χ4v) is 1.61. The Kier molecular flexibility index (Phi) is 7.83. The van der Waals surface area contributed by atoms with Crippen molar-refractivity contribution < 1.29 is 0 Å². The Bertz CT molecular complexity index is 144. The average Bonchev–Trinajstić information content (AvgIpc) is 2.04. The lowest BCUT2D eigenvalue weighted by Gasteiger charge is -2.19. The molecule has 0 aliphatic heterocycles. The van der Waals surface area contributed by atoms with E-state index in [-0.39, 0.29) is 0 Å². The van der Waals surface area contributed by atoms with Crippen molar-refractivity contribution in [3.63, 3.8) is 0 Å². The van der Waals surface area contributed by atoms with Crippen LogP contribution in [0.3, 0.4) is 0 Å². The van der Waals surface area contributed by atoms with Crippen molar-refractivity contribution in [1.82, 2.24) is 5.32 Å². The van der Waals surface area contributed by atoms with Crippen molar-refractivity contribution in [2.75, 3.05) is 6.54 Å². The molecule has 0 aromatic rings. The molecule has 0 saturated heterocycles. The second-order valence-corrected chi connectivity index (χ2v) is 3.98. The standard InChI is InChI=1S/C12H23N/c1-5-7-8-9-12(13-6-2)10-11(3)4/h1,11-13H,6-10H2,2-4H3. The van der Waals surface area contributed by atoms with E-state index in [1.54, 1.807) is 0 Å². The molecule has 1 nitrogen and oxygen atoms in total. The summed E-state index contributed by atoms with van der Waals surface area (Å²) in [6.45, 7) is 7.76. The Labute approximate surface area is 83.3 Å². The molecule has 0 rings (SSSR count). The number of hydrogen-bond donors (Lipinski definition) is 1. The zero-order valence-electron chi connectivity index (χ0n) is 9.27. The van der Waals surface area contributed by atoms with Crippen molar-refractivity contribution in [2.45, 2.75) is 52.5 Å². The van der Waals surface area contributed by atoms with Gasteiger partial charge in [-0.1, -0.05) is 20.8 Å². The van der Waals surface area contributed by atoms with E-state index in [2.05, 4.69) is 32.0 Å². The third-order valence-corrected chi connectivity index (χ3v) is 2.12. The number of hydrogen-bond acceptors (Lipinski definition) is 1. The number of terminal acetylenes is 1. The number of unbranched alkanes of at least 4 members (excludes halogenated alkanes) is 1. The van der Waals surface area contributed by atoms with Gasteiger partial charge in [-0.15, -0.1) is 12.3 Å². The minimum absolute atomic E-state index is 0.665. The first kappa shape index (κ1) is 12.5. The first-order valence-corrected chi connectivity index (χ1v) is 5.37. The average molecular weight is 181 g/mol. The molecule has 0 aromatic heterocycles. The maximum atomic E-state index is 5.22. The molecule has 13 heavy (non-hydrogen) atoms. The monoisotopic (exact) mass is 181 g/mol. The quantitative estimate of drug-likeness (QED) is 0.470. The van der Waals surface area contributed by atoms with E-state index < -0.39 is 0 Å². The van der Waals surface area contributed by atoms with E-state index in [9.17, 15) is 0 Å². The van der Waals surface area contributed by atoms with Crippen LogP contribution >= 0.6 is 0 Å². The summed E-state index contributed by atoms with van der Waals surface area (Å²) in [4.78, 5) is 0. The SMILES string of the molecule is C#CCCCC(CC(C)C)NCC. The van der Waals surface area contributed by atoms with Gasteiger partial charge in [-0.2, -0.15) is 0 Å². The molecule has 0 radical (unpaired) electrons. The van der Waals surface area contributed by atoms with Crippen LogP contribution in [0.15, 0.2) is 0 Å². The van der Waals surface area contributed by atoms with Crippen molar-refractivity contribution in [2.24, 2.45) is 5.92 Å². The molecule has 76 valence electrons. The van der Waals surface area contributed by atoms with Crippen LogP contribution in [0.1, 0.15) is 46.5 Å². The normalized spacial score (nSPS) is 12.8. The predicted octanol–water partition coefficient (Wildman–Crippen LogP) is 2.81. The lowest BCUT2D eigenvalue weighted by atomic mass is 9.99. The molecule has 0 amide bonds. The Morgan fingerprint density at radius 2 is 2.08 bits per heavy atom. The van der Waals surface area contributed by atoms with Gasteiger partial charge in [0.1, 0.15) is 0 Å². The molecule has 0 aromatic carbocycles. The van der Waals surface area contributed by atoms with E-state index in [0.29, 0.717) is 6.04 Å². The third-order valence-electron chi connectivity index (χ3n) is 2.12. The van der Waals surface area contributed by atoms with Crippen LogP contribution < -0.4 is 5.32 Å². The number of nitrogens with one attached hydrogen (secondary N) is 1. The molecule has 1 unspecified atom stereocenters. The summed E-state index contributed by atoms with van der Waals surface area (Å²) >= 11 is 0. The second-order valence-electron chi connectivity index (χ2n) is 3.98. The topological polar surface area (TPSA) is 12.0 Å². The summed E-state index contributed by atoms with van der Waals surface area (Å²) in [7, 11) is 0. The lowest BCUT2D eigenvalue weighted by Crippen LogP contribution is -2.30. The van der Waals surface area contributed by atoms with Gasteiger partial charge in [0.2, 0.25) is 0 Å². The summed E-state index contributed by atoms with van der Waals surface area (Å²) in [5.74, 6) is 3.46. The van der Waals surface area contributed by atoms with Crippen molar-refractivity contribution in [1.29, 1.82) is 0 Å². The van der Waals surface area contributed by atoms with Gasteiger partial charge in [-0.25, -0.2) is 0 Å². The molecule has 0 spiro atoms. The maximum Gasteiger partial charge on any atom is 0.00866 e. The molecule has 0 saturated carbocycles. The fraction of sp³-hybridized carbons (Fsp3) is 0.833. The summed E-state index contributed by atoms with van der Waals surface area (Å²) in [6, 6.07) is 0.665. The summed E-state index contributed by atoms with van der Waals surface area (Å²) in [6.07, 6.45) is 9.77. The largest absolute Gasteiger partial charge is 0.314 e. The minimum atomic E-state index is 0.665. The Balaban J connectivity index is 3.61.